The number of alkyl carbamates (subject to hydrolysis) is 1. The van der Waals surface area contributed by atoms with Crippen molar-refractivity contribution in [2.45, 2.75) is 57.5 Å². The van der Waals surface area contributed by atoms with Gasteiger partial charge >= 0.3 is 6.09 Å². The molecular formula is C26H30FN5O4. The lowest BCUT2D eigenvalue weighted by Gasteiger charge is -2.29. The summed E-state index contributed by atoms with van der Waals surface area (Å²) in [5.74, 6) is 0.338. The van der Waals surface area contributed by atoms with E-state index in [1.807, 2.05) is 0 Å². The highest BCUT2D eigenvalue weighted by atomic mass is 19.1. The molecule has 0 atom stereocenters. The molecule has 2 amide bonds. The van der Waals surface area contributed by atoms with Crippen molar-refractivity contribution in [1.82, 2.24) is 25.6 Å². The second kappa shape index (κ2) is 10.5. The third-order valence-electron chi connectivity index (χ3n) is 6.74. The van der Waals surface area contributed by atoms with Gasteiger partial charge in [0.25, 0.3) is 5.91 Å². The van der Waals surface area contributed by atoms with Gasteiger partial charge in [0.2, 0.25) is 0 Å². The van der Waals surface area contributed by atoms with Gasteiger partial charge in [0, 0.05) is 29.9 Å². The lowest BCUT2D eigenvalue weighted by molar-refractivity contribution is 0.0923. The second-order valence-electron chi connectivity index (χ2n) is 9.43. The summed E-state index contributed by atoms with van der Waals surface area (Å²) in [4.78, 5) is 36.7. The normalized spacial score (nSPS) is 19.6. The Morgan fingerprint density at radius 2 is 1.83 bits per heavy atom. The number of ether oxygens (including phenoxy) is 2. The van der Waals surface area contributed by atoms with E-state index in [0.717, 1.165) is 38.5 Å². The molecule has 0 aliphatic heterocycles. The summed E-state index contributed by atoms with van der Waals surface area (Å²) < 4.78 is 24.8. The lowest BCUT2D eigenvalue weighted by atomic mass is 9.91. The Morgan fingerprint density at radius 1 is 1.08 bits per heavy atom. The average molecular weight is 496 g/mol. The fraction of sp³-hybridized carbons (Fsp3) is 0.462. The summed E-state index contributed by atoms with van der Waals surface area (Å²) in [6.45, 7) is 2.65. The number of fused-ring (bicyclic) bond motifs is 1. The molecule has 1 aromatic carbocycles. The van der Waals surface area contributed by atoms with Crippen LogP contribution in [0.1, 0.15) is 55.8 Å². The highest BCUT2D eigenvalue weighted by Gasteiger charge is 2.26. The molecule has 3 N–H and O–H groups in total. The molecule has 2 fully saturated rings. The molecule has 0 bridgehead atoms. The molecule has 9 nitrogen and oxygen atoms in total. The zero-order chi connectivity index (χ0) is 25.1. The van der Waals surface area contributed by atoms with Gasteiger partial charge in [-0.1, -0.05) is 0 Å². The Bertz CT molecular complexity index is 1250. The molecule has 2 aliphatic rings. The van der Waals surface area contributed by atoms with Crippen LogP contribution in [-0.4, -0.2) is 52.2 Å². The zero-order valence-corrected chi connectivity index (χ0v) is 20.2. The predicted octanol–water partition coefficient (Wildman–Crippen LogP) is 4.34. The molecule has 10 heteroatoms. The van der Waals surface area contributed by atoms with Gasteiger partial charge in [0.05, 0.1) is 24.3 Å². The molecule has 2 aliphatic carbocycles. The topological polar surface area (TPSA) is 118 Å². The number of H-pyrrole nitrogens is 1. The van der Waals surface area contributed by atoms with Gasteiger partial charge in [-0.05, 0) is 63.5 Å². The first kappa shape index (κ1) is 24.0. The van der Waals surface area contributed by atoms with E-state index in [9.17, 15) is 14.0 Å². The van der Waals surface area contributed by atoms with Gasteiger partial charge in [0.1, 0.15) is 29.1 Å². The summed E-state index contributed by atoms with van der Waals surface area (Å²) in [6, 6.07) is 4.44. The first-order valence-electron chi connectivity index (χ1n) is 12.5. The number of aromatic amines is 1. The van der Waals surface area contributed by atoms with E-state index in [2.05, 4.69) is 25.6 Å². The Hall–Kier alpha value is -3.69. The SMILES string of the molecule is CCOC(=O)N[C@H]1CC[C@H](NC(=O)c2c[nH]c3c(-c4ccc(F)cc4OCC4CC4)ncnc23)CC1. The number of rotatable bonds is 8. The van der Waals surface area contributed by atoms with Crippen LogP contribution in [0.3, 0.4) is 0 Å². The van der Waals surface area contributed by atoms with Crippen molar-refractivity contribution in [1.29, 1.82) is 0 Å². The summed E-state index contributed by atoms with van der Waals surface area (Å²) in [6.07, 6.45) is 7.91. The minimum absolute atomic E-state index is 0.00327. The van der Waals surface area contributed by atoms with Gasteiger partial charge in [-0.15, -0.1) is 0 Å². The van der Waals surface area contributed by atoms with E-state index < -0.39 is 6.09 Å². The molecule has 2 saturated carbocycles. The highest BCUT2D eigenvalue weighted by molar-refractivity contribution is 6.07. The van der Waals surface area contributed by atoms with Crippen LogP contribution in [-0.2, 0) is 4.74 Å². The lowest BCUT2D eigenvalue weighted by Crippen LogP contribution is -2.43. The second-order valence-corrected chi connectivity index (χ2v) is 9.43. The monoisotopic (exact) mass is 495 g/mol. The summed E-state index contributed by atoms with van der Waals surface area (Å²) in [5.41, 5.74) is 2.70. The third-order valence-corrected chi connectivity index (χ3v) is 6.74. The predicted molar refractivity (Wildman–Crippen MR) is 131 cm³/mol. The Kier molecular flexibility index (Phi) is 7.02. The molecule has 2 aromatic heterocycles. The van der Waals surface area contributed by atoms with E-state index in [1.54, 1.807) is 19.2 Å². The summed E-state index contributed by atoms with van der Waals surface area (Å²) >= 11 is 0. The Balaban J connectivity index is 1.29. The number of hydrogen-bond acceptors (Lipinski definition) is 6. The van der Waals surface area contributed by atoms with E-state index in [-0.39, 0.29) is 23.8 Å². The zero-order valence-electron chi connectivity index (χ0n) is 20.2. The van der Waals surface area contributed by atoms with Crippen molar-refractivity contribution < 1.29 is 23.5 Å². The quantitative estimate of drug-likeness (QED) is 0.428. The van der Waals surface area contributed by atoms with Gasteiger partial charge < -0.3 is 25.1 Å². The van der Waals surface area contributed by atoms with Crippen LogP contribution in [0.5, 0.6) is 5.75 Å². The number of amides is 2. The molecule has 0 saturated heterocycles. The van der Waals surface area contributed by atoms with Crippen molar-refractivity contribution in [3.8, 4) is 17.0 Å². The molecular weight excluding hydrogens is 465 g/mol. The van der Waals surface area contributed by atoms with Gasteiger partial charge in [0.15, 0.2) is 0 Å². The number of benzene rings is 1. The Labute approximate surface area is 208 Å². The minimum atomic E-state index is -0.401. The van der Waals surface area contributed by atoms with Gasteiger partial charge in [-0.2, -0.15) is 0 Å². The maximum atomic E-state index is 14.0. The van der Waals surface area contributed by atoms with Crippen LogP contribution in [0.2, 0.25) is 0 Å². The number of nitrogens with one attached hydrogen (secondary N) is 3. The molecule has 2 heterocycles. The summed E-state index contributed by atoms with van der Waals surface area (Å²) in [5, 5.41) is 5.96. The van der Waals surface area contributed by atoms with Crippen molar-refractivity contribution in [2.24, 2.45) is 5.92 Å². The van der Waals surface area contributed by atoms with E-state index in [0.29, 0.717) is 52.7 Å². The average Bonchev–Trinajstić information content (AvgIpc) is 3.60. The summed E-state index contributed by atoms with van der Waals surface area (Å²) in [7, 11) is 0. The standard InChI is InChI=1S/C26H30FN5O4/c1-2-35-26(34)32-18-8-6-17(7-9-18)31-25(33)20-12-28-24-22(29-14-30-23(20)24)19-10-5-16(27)11-21(19)36-13-15-3-4-15/h5,10-12,14-15,17-18,28H,2-4,6-9,13H2,1H3,(H,31,33)(H,32,34)/t17-,18-. The molecule has 0 unspecified atom stereocenters. The molecule has 0 radical (unpaired) electrons. The fourth-order valence-corrected chi connectivity index (χ4v) is 4.60. The number of aromatic nitrogens is 3. The maximum absolute atomic E-state index is 14.0. The molecule has 3 aromatic rings. The minimum Gasteiger partial charge on any atom is -0.492 e. The van der Waals surface area contributed by atoms with Crippen LogP contribution in [0.25, 0.3) is 22.3 Å². The van der Waals surface area contributed by atoms with E-state index in [4.69, 9.17) is 9.47 Å². The number of nitrogens with zero attached hydrogens (tertiary/aromatic N) is 2. The molecule has 190 valence electrons. The van der Waals surface area contributed by atoms with Crippen LogP contribution in [0.15, 0.2) is 30.7 Å². The Morgan fingerprint density at radius 3 is 2.56 bits per heavy atom. The van der Waals surface area contributed by atoms with Crippen molar-refractivity contribution in [2.75, 3.05) is 13.2 Å². The number of carbonyl (C=O) groups excluding carboxylic acids is 2. The largest absolute Gasteiger partial charge is 0.492 e. The van der Waals surface area contributed by atoms with Gasteiger partial charge in [-0.3, -0.25) is 4.79 Å². The van der Waals surface area contributed by atoms with Crippen molar-refractivity contribution in [3.05, 3.63) is 42.1 Å². The number of hydrogen-bond donors (Lipinski definition) is 3. The fourth-order valence-electron chi connectivity index (χ4n) is 4.60. The van der Waals surface area contributed by atoms with Gasteiger partial charge in [-0.25, -0.2) is 19.2 Å². The highest BCUT2D eigenvalue weighted by Crippen LogP contribution is 2.36. The first-order valence-corrected chi connectivity index (χ1v) is 12.5. The van der Waals surface area contributed by atoms with Crippen LogP contribution in [0, 0.1) is 11.7 Å². The molecule has 0 spiro atoms. The maximum Gasteiger partial charge on any atom is 0.407 e. The number of carbonyl (C=O) groups is 2. The van der Waals surface area contributed by atoms with E-state index >= 15 is 0 Å². The third kappa shape index (κ3) is 5.42. The van der Waals surface area contributed by atoms with Crippen LogP contribution < -0.4 is 15.4 Å². The molecule has 36 heavy (non-hydrogen) atoms. The first-order chi connectivity index (χ1) is 17.5. The van der Waals surface area contributed by atoms with Crippen LogP contribution >= 0.6 is 0 Å². The van der Waals surface area contributed by atoms with Crippen LogP contribution in [0.4, 0.5) is 9.18 Å². The number of halogens is 1. The van der Waals surface area contributed by atoms with Crippen molar-refractivity contribution in [3.63, 3.8) is 0 Å². The smallest absolute Gasteiger partial charge is 0.407 e. The van der Waals surface area contributed by atoms with Crippen molar-refractivity contribution >= 4 is 23.0 Å². The van der Waals surface area contributed by atoms with E-state index in [1.165, 1.54) is 18.5 Å². The molecule has 5 rings (SSSR count).